The van der Waals surface area contributed by atoms with Gasteiger partial charge in [0.1, 0.15) is 17.3 Å². The fraction of sp³-hybridized carbons (Fsp3) is 0.226. The van der Waals surface area contributed by atoms with Crippen molar-refractivity contribution >= 4 is 44.6 Å². The third kappa shape index (κ3) is 6.69. The Morgan fingerprint density at radius 3 is 1.87 bits per heavy atom. The van der Waals surface area contributed by atoms with E-state index in [-0.39, 0.29) is 10.8 Å². The van der Waals surface area contributed by atoms with Crippen LogP contribution in [0, 0.1) is 6.67 Å². The second kappa shape index (κ2) is 15.4. The SMILES string of the molecule is CC(C)c1cccc(C(C)C)c1-c1cc(Oc2ccc3c4ccccc4n(-c4cc(C(C)(C)C)ccn4)c3c2)cc([N+]23[CH-][N@+]2(c2ccc(-c4ccccc4)c(C(C)(C)C)c2)c2ccccc23)c1. The standard InChI is InChI=1S/C62H61N4O/c1-40(2)49-22-18-23-50(41(3)4)60(49)43-33-46(66-39-65(66,57-25-16-17-26-58(57)66)45-27-29-51(42-19-12-11-13-20-42)54(37-45)62(8,9)10)36-48(34-43)67-47-28-30-53-52-21-14-15-24-55(52)64(56(53)38-47)59-35-44(31-32-63-59)61(5,6)7/h11-41H,1-10H3/q+1/t65-,66?/m0/s1. The molecule has 2 aromatic heterocycles. The fourth-order valence-corrected chi connectivity index (χ4v) is 11.0. The summed E-state index contributed by atoms with van der Waals surface area (Å²) in [6.07, 6.45) is 1.94. The normalized spacial score (nSPS) is 17.7. The van der Waals surface area contributed by atoms with Gasteiger partial charge in [-0.15, -0.1) is 0 Å². The number of quaternary nitrogens is 2. The van der Waals surface area contributed by atoms with Gasteiger partial charge in [-0.1, -0.05) is 148 Å². The van der Waals surface area contributed by atoms with E-state index in [4.69, 9.17) is 9.72 Å². The van der Waals surface area contributed by atoms with Crippen molar-refractivity contribution in [2.75, 3.05) is 0 Å². The Morgan fingerprint density at radius 1 is 0.522 bits per heavy atom. The van der Waals surface area contributed by atoms with Crippen LogP contribution in [0.1, 0.15) is 103 Å². The molecule has 2 atom stereocenters. The minimum absolute atomic E-state index is 0.0220. The quantitative estimate of drug-likeness (QED) is 0.0821. The average molecular weight is 878 g/mol. The zero-order valence-electron chi connectivity index (χ0n) is 40.6. The van der Waals surface area contributed by atoms with Gasteiger partial charge in [-0.05, 0) is 110 Å². The van der Waals surface area contributed by atoms with E-state index >= 15 is 0 Å². The van der Waals surface area contributed by atoms with Crippen LogP contribution in [0.25, 0.3) is 49.9 Å². The summed E-state index contributed by atoms with van der Waals surface area (Å²) in [6.45, 7) is 25.5. The average Bonchev–Trinajstić information content (AvgIpc) is 3.81. The molecule has 0 radical (unpaired) electrons. The first-order valence-electron chi connectivity index (χ1n) is 24.0. The molecular formula is C62H61N4O+. The van der Waals surface area contributed by atoms with E-state index in [1.807, 2.05) is 6.20 Å². The van der Waals surface area contributed by atoms with Gasteiger partial charge in [-0.2, -0.15) is 9.18 Å². The van der Waals surface area contributed by atoms with Crippen LogP contribution in [0.2, 0.25) is 0 Å². The largest absolute Gasteiger partial charge is 0.457 e. The summed E-state index contributed by atoms with van der Waals surface area (Å²) in [7, 11) is 0. The lowest BCUT2D eigenvalue weighted by atomic mass is 9.81. The number of aromatic nitrogens is 2. The zero-order chi connectivity index (χ0) is 46.6. The Labute approximate surface area is 396 Å². The summed E-state index contributed by atoms with van der Waals surface area (Å²) >= 11 is 0. The number of benzene rings is 7. The van der Waals surface area contributed by atoms with Crippen LogP contribution < -0.4 is 13.9 Å². The molecule has 1 saturated heterocycles. The zero-order valence-corrected chi connectivity index (χ0v) is 40.6. The van der Waals surface area contributed by atoms with Gasteiger partial charge in [-0.25, -0.2) is 4.98 Å². The van der Waals surface area contributed by atoms with Crippen LogP contribution in [0.15, 0.2) is 170 Å². The topological polar surface area (TPSA) is 27.1 Å². The molecule has 0 amide bonds. The highest BCUT2D eigenvalue weighted by Crippen LogP contribution is 2.75. The molecule has 0 bridgehead atoms. The number of hydrogen-bond acceptors (Lipinski definition) is 2. The van der Waals surface area contributed by atoms with Gasteiger partial charge in [0.15, 0.2) is 18.0 Å². The minimum atomic E-state index is -0.0808. The molecule has 0 N–H and O–H groups in total. The predicted octanol–water partition coefficient (Wildman–Crippen LogP) is 17.5. The van der Waals surface area contributed by atoms with E-state index in [0.717, 1.165) is 33.7 Å². The molecule has 11 rings (SSSR count). The number of nitrogens with zero attached hydrogens (tertiary/aromatic N) is 4. The summed E-state index contributed by atoms with van der Waals surface area (Å²) in [6, 6.07) is 60.4. The molecule has 5 nitrogen and oxygen atoms in total. The Balaban J connectivity index is 1.11. The van der Waals surface area contributed by atoms with Gasteiger partial charge in [0.05, 0.1) is 11.0 Å². The number of para-hydroxylation sites is 3. The van der Waals surface area contributed by atoms with E-state index < -0.39 is 0 Å². The molecule has 2 aliphatic heterocycles. The summed E-state index contributed by atoms with van der Waals surface area (Å²) in [5.74, 6) is 3.14. The molecule has 0 saturated carbocycles. The van der Waals surface area contributed by atoms with Crippen LogP contribution in [-0.4, -0.2) is 9.55 Å². The summed E-state index contributed by atoms with van der Waals surface area (Å²) < 4.78 is 10.7. The first-order valence-corrected chi connectivity index (χ1v) is 24.0. The van der Waals surface area contributed by atoms with Gasteiger partial charge in [0.25, 0.3) is 0 Å². The maximum Gasteiger partial charge on any atom is 0.225 e. The van der Waals surface area contributed by atoms with Crippen LogP contribution in [0.5, 0.6) is 11.5 Å². The second-order valence-corrected chi connectivity index (χ2v) is 21.4. The van der Waals surface area contributed by atoms with E-state index in [2.05, 4.69) is 244 Å². The number of ether oxygens (including phenoxy) is 1. The fourth-order valence-electron chi connectivity index (χ4n) is 11.0. The molecule has 67 heavy (non-hydrogen) atoms. The lowest BCUT2D eigenvalue weighted by molar-refractivity contribution is 0.423. The van der Waals surface area contributed by atoms with E-state index in [9.17, 15) is 0 Å². The summed E-state index contributed by atoms with van der Waals surface area (Å²) in [5.41, 5.74) is 17.3. The van der Waals surface area contributed by atoms with E-state index in [1.165, 1.54) is 72.6 Å². The van der Waals surface area contributed by atoms with Crippen molar-refractivity contribution in [3.05, 3.63) is 199 Å². The van der Waals surface area contributed by atoms with Crippen molar-refractivity contribution in [2.24, 2.45) is 0 Å². The molecule has 9 aromatic rings. The van der Waals surface area contributed by atoms with Crippen molar-refractivity contribution in [3.63, 3.8) is 0 Å². The van der Waals surface area contributed by atoms with Crippen molar-refractivity contribution in [1.29, 1.82) is 0 Å². The minimum Gasteiger partial charge on any atom is -0.457 e. The molecule has 334 valence electrons. The number of hydrogen-bond donors (Lipinski definition) is 0. The van der Waals surface area contributed by atoms with Crippen molar-refractivity contribution in [1.82, 2.24) is 18.7 Å². The van der Waals surface area contributed by atoms with Gasteiger partial charge < -0.3 is 4.74 Å². The van der Waals surface area contributed by atoms with Crippen LogP contribution in [0.4, 0.5) is 22.7 Å². The van der Waals surface area contributed by atoms with Crippen molar-refractivity contribution in [3.8, 4) is 39.6 Å². The highest BCUT2D eigenvalue weighted by molar-refractivity contribution is 6.09. The third-order valence-corrected chi connectivity index (χ3v) is 14.4. The Bertz CT molecular complexity index is 3370. The maximum absolute atomic E-state index is 7.23. The number of rotatable bonds is 9. The van der Waals surface area contributed by atoms with E-state index in [1.54, 1.807) is 0 Å². The maximum atomic E-state index is 7.23. The molecule has 7 aromatic carbocycles. The molecule has 2 aliphatic rings. The molecule has 1 unspecified atom stereocenters. The van der Waals surface area contributed by atoms with Crippen LogP contribution in [0.3, 0.4) is 0 Å². The van der Waals surface area contributed by atoms with Crippen LogP contribution >= 0.6 is 0 Å². The molecular weight excluding hydrogens is 817 g/mol. The van der Waals surface area contributed by atoms with Gasteiger partial charge in [0.2, 0.25) is 11.4 Å². The third-order valence-electron chi connectivity index (χ3n) is 14.4. The molecule has 0 spiro atoms. The Morgan fingerprint density at radius 2 is 1.18 bits per heavy atom. The lowest BCUT2D eigenvalue weighted by Crippen LogP contribution is -2.46. The Kier molecular flexibility index (Phi) is 9.83. The smallest absolute Gasteiger partial charge is 0.225 e. The van der Waals surface area contributed by atoms with Crippen molar-refractivity contribution in [2.45, 2.75) is 91.9 Å². The van der Waals surface area contributed by atoms with Gasteiger partial charge in [-0.3, -0.25) is 4.57 Å². The number of pyridine rings is 1. The van der Waals surface area contributed by atoms with E-state index in [0.29, 0.717) is 21.0 Å². The first kappa shape index (κ1) is 42.8. The first-order chi connectivity index (χ1) is 32.1. The number of fused-ring (bicyclic) bond motifs is 7. The highest BCUT2D eigenvalue weighted by Gasteiger charge is 2.78. The molecule has 1 fully saturated rings. The Hall–Kier alpha value is -6.79. The van der Waals surface area contributed by atoms with Gasteiger partial charge in [0, 0.05) is 59.4 Å². The molecule has 0 aliphatic carbocycles. The summed E-state index contributed by atoms with van der Waals surface area (Å²) in [4.78, 5) is 4.96. The second-order valence-electron chi connectivity index (χ2n) is 21.4. The summed E-state index contributed by atoms with van der Waals surface area (Å²) in [5, 5.41) is 2.35. The molecule has 5 heteroatoms. The molecule has 4 heterocycles. The lowest BCUT2D eigenvalue weighted by Gasteiger charge is -2.40. The predicted molar refractivity (Wildman–Crippen MR) is 282 cm³/mol. The highest BCUT2D eigenvalue weighted by atomic mass is 16.5. The monoisotopic (exact) mass is 877 g/mol. The van der Waals surface area contributed by atoms with Crippen LogP contribution in [-0.2, 0) is 10.8 Å². The van der Waals surface area contributed by atoms with Gasteiger partial charge >= 0.3 is 0 Å². The van der Waals surface area contributed by atoms with Crippen molar-refractivity contribution < 1.29 is 4.74 Å².